The largest absolute Gasteiger partial charge is 0.433 e. The van der Waals surface area contributed by atoms with Crippen LogP contribution in [0.15, 0.2) is 97.1 Å². The molecule has 2 unspecified atom stereocenters. The first-order chi connectivity index (χ1) is 19.6. The fourth-order valence-electron chi connectivity index (χ4n) is 6.33. The number of cyclic esters (lactones) is 1. The van der Waals surface area contributed by atoms with Crippen LogP contribution in [0.2, 0.25) is 0 Å². The van der Waals surface area contributed by atoms with E-state index in [1.54, 1.807) is 0 Å². The zero-order valence-electron chi connectivity index (χ0n) is 22.6. The van der Waals surface area contributed by atoms with Crippen molar-refractivity contribution in [3.8, 4) is 0 Å². The molecule has 1 heterocycles. The molecule has 40 heavy (non-hydrogen) atoms. The van der Waals surface area contributed by atoms with Crippen molar-refractivity contribution in [1.82, 2.24) is 0 Å². The number of aryl methyl sites for hydroxylation is 2. The summed E-state index contributed by atoms with van der Waals surface area (Å²) in [7, 11) is 0. The molecule has 0 bridgehead atoms. The van der Waals surface area contributed by atoms with E-state index in [9.17, 15) is 4.79 Å². The summed E-state index contributed by atoms with van der Waals surface area (Å²) in [6.45, 7) is 5.01. The van der Waals surface area contributed by atoms with Gasteiger partial charge in [-0.3, -0.25) is 4.79 Å². The third-order valence-corrected chi connectivity index (χ3v) is 8.38. The minimum absolute atomic E-state index is 0.168. The molecular weight excluding hydrogens is 496 g/mol. The van der Waals surface area contributed by atoms with E-state index < -0.39 is 12.4 Å². The first-order valence-electron chi connectivity index (χ1n) is 13.8. The van der Waals surface area contributed by atoms with Gasteiger partial charge >= 0.3 is 5.97 Å². The van der Waals surface area contributed by atoms with Crippen LogP contribution in [0, 0.1) is 13.8 Å². The summed E-state index contributed by atoms with van der Waals surface area (Å²) >= 11 is 0. The fraction of sp³-hybridized carbons (Fsp3) is 0.194. The Kier molecular flexibility index (Phi) is 6.22. The fourth-order valence-corrected chi connectivity index (χ4v) is 6.33. The smallest absolute Gasteiger partial charge is 0.311 e. The molecule has 0 radical (unpaired) electrons. The Hall–Kier alpha value is -4.25. The van der Waals surface area contributed by atoms with E-state index in [1.807, 2.05) is 0 Å². The van der Waals surface area contributed by atoms with E-state index >= 15 is 0 Å². The molecule has 1 fully saturated rings. The number of carbonyl (C=O) groups is 1. The third-order valence-electron chi connectivity index (χ3n) is 8.38. The topological polar surface area (TPSA) is 44.8 Å². The van der Waals surface area contributed by atoms with Gasteiger partial charge < -0.3 is 14.2 Å². The SMILES string of the molecule is Cc1c2ccccc2c(COC2CC(=O)OC2OCc2c3ccccc3c(C)c3ccccc23)c2ccccc12. The van der Waals surface area contributed by atoms with Crippen LogP contribution < -0.4 is 0 Å². The number of fused-ring (bicyclic) bond motifs is 4. The summed E-state index contributed by atoms with van der Waals surface area (Å²) in [5, 5.41) is 9.46. The van der Waals surface area contributed by atoms with Crippen molar-refractivity contribution in [2.75, 3.05) is 0 Å². The van der Waals surface area contributed by atoms with Crippen molar-refractivity contribution in [3.63, 3.8) is 0 Å². The predicted octanol–water partition coefficient (Wildman–Crippen LogP) is 8.29. The Morgan fingerprint density at radius 2 is 0.925 bits per heavy atom. The number of hydrogen-bond acceptors (Lipinski definition) is 4. The van der Waals surface area contributed by atoms with Crippen LogP contribution in [0.1, 0.15) is 28.7 Å². The molecule has 0 spiro atoms. The van der Waals surface area contributed by atoms with Crippen LogP contribution in [-0.2, 0) is 32.2 Å². The summed E-state index contributed by atoms with van der Waals surface area (Å²) in [5.41, 5.74) is 4.72. The Labute approximate surface area is 233 Å². The molecule has 0 saturated carbocycles. The molecule has 198 valence electrons. The maximum absolute atomic E-state index is 12.4. The number of hydrogen-bond donors (Lipinski definition) is 0. The molecular formula is C36H30O4. The molecule has 6 aromatic carbocycles. The van der Waals surface area contributed by atoms with Crippen LogP contribution in [-0.4, -0.2) is 18.4 Å². The summed E-state index contributed by atoms with van der Waals surface area (Å²) in [5.74, 6) is -0.299. The van der Waals surface area contributed by atoms with Crippen LogP contribution in [0.3, 0.4) is 0 Å². The molecule has 2 atom stereocenters. The normalized spacial score (nSPS) is 17.3. The molecule has 0 amide bonds. The van der Waals surface area contributed by atoms with Gasteiger partial charge in [0.1, 0.15) is 6.10 Å². The zero-order valence-corrected chi connectivity index (χ0v) is 22.6. The lowest BCUT2D eigenvalue weighted by Gasteiger charge is -2.22. The average Bonchev–Trinajstić information content (AvgIpc) is 3.36. The molecule has 7 rings (SSSR count). The highest BCUT2D eigenvalue weighted by molar-refractivity contribution is 6.06. The van der Waals surface area contributed by atoms with E-state index in [0.29, 0.717) is 13.2 Å². The molecule has 4 heteroatoms. The number of ether oxygens (including phenoxy) is 3. The van der Waals surface area contributed by atoms with Gasteiger partial charge in [-0.15, -0.1) is 0 Å². The monoisotopic (exact) mass is 526 g/mol. The van der Waals surface area contributed by atoms with Gasteiger partial charge in [-0.1, -0.05) is 97.1 Å². The quantitative estimate of drug-likeness (QED) is 0.162. The summed E-state index contributed by atoms with van der Waals surface area (Å²) < 4.78 is 18.4. The maximum atomic E-state index is 12.4. The third kappa shape index (κ3) is 4.12. The number of rotatable bonds is 6. The lowest BCUT2D eigenvalue weighted by atomic mass is 9.93. The van der Waals surface area contributed by atoms with Gasteiger partial charge in [-0.2, -0.15) is 0 Å². The second-order valence-electron chi connectivity index (χ2n) is 10.6. The zero-order chi connectivity index (χ0) is 27.2. The molecule has 0 aliphatic carbocycles. The van der Waals surface area contributed by atoms with Crippen molar-refractivity contribution < 1.29 is 19.0 Å². The number of benzene rings is 6. The van der Waals surface area contributed by atoms with Gasteiger partial charge in [-0.25, -0.2) is 0 Å². The Balaban J connectivity index is 1.19. The van der Waals surface area contributed by atoms with E-state index in [2.05, 4.69) is 111 Å². The summed E-state index contributed by atoms with van der Waals surface area (Å²) in [4.78, 5) is 12.4. The lowest BCUT2D eigenvalue weighted by molar-refractivity contribution is -0.184. The van der Waals surface area contributed by atoms with Crippen molar-refractivity contribution in [1.29, 1.82) is 0 Å². The molecule has 0 aromatic heterocycles. The number of esters is 1. The maximum Gasteiger partial charge on any atom is 0.311 e. The van der Waals surface area contributed by atoms with Crippen LogP contribution in [0.25, 0.3) is 43.1 Å². The molecule has 1 saturated heterocycles. The van der Waals surface area contributed by atoms with Crippen molar-refractivity contribution >= 4 is 49.1 Å². The van der Waals surface area contributed by atoms with Gasteiger partial charge in [-0.05, 0) is 79.2 Å². The van der Waals surface area contributed by atoms with Gasteiger partial charge in [0.05, 0.1) is 19.6 Å². The van der Waals surface area contributed by atoms with Crippen molar-refractivity contribution in [3.05, 3.63) is 119 Å². The Morgan fingerprint density at radius 3 is 1.32 bits per heavy atom. The van der Waals surface area contributed by atoms with Gasteiger partial charge in [0.2, 0.25) is 6.29 Å². The van der Waals surface area contributed by atoms with Gasteiger partial charge in [0, 0.05) is 0 Å². The molecule has 4 nitrogen and oxygen atoms in total. The van der Waals surface area contributed by atoms with Crippen molar-refractivity contribution in [2.24, 2.45) is 0 Å². The van der Waals surface area contributed by atoms with Crippen LogP contribution in [0.5, 0.6) is 0 Å². The van der Waals surface area contributed by atoms with Crippen molar-refractivity contribution in [2.45, 2.75) is 45.9 Å². The number of carbonyl (C=O) groups excluding carboxylic acids is 1. The molecule has 6 aromatic rings. The van der Waals surface area contributed by atoms with E-state index in [0.717, 1.165) is 21.9 Å². The van der Waals surface area contributed by atoms with Crippen LogP contribution in [0.4, 0.5) is 0 Å². The van der Waals surface area contributed by atoms with Gasteiger partial charge in [0.15, 0.2) is 0 Å². The van der Waals surface area contributed by atoms with Crippen LogP contribution >= 0.6 is 0 Å². The first kappa shape index (κ1) is 24.8. The van der Waals surface area contributed by atoms with E-state index in [4.69, 9.17) is 14.2 Å². The molecule has 1 aliphatic rings. The predicted molar refractivity (Wildman–Crippen MR) is 160 cm³/mol. The Morgan fingerprint density at radius 1 is 0.575 bits per heavy atom. The minimum Gasteiger partial charge on any atom is -0.433 e. The minimum atomic E-state index is -0.769. The second kappa shape index (κ2) is 10.1. The highest BCUT2D eigenvalue weighted by Gasteiger charge is 2.37. The first-order valence-corrected chi connectivity index (χ1v) is 13.8. The lowest BCUT2D eigenvalue weighted by Crippen LogP contribution is -2.27. The highest BCUT2D eigenvalue weighted by atomic mass is 16.7. The van der Waals surface area contributed by atoms with E-state index in [-0.39, 0.29) is 12.4 Å². The highest BCUT2D eigenvalue weighted by Crippen LogP contribution is 2.36. The molecule has 0 N–H and O–H groups in total. The average molecular weight is 527 g/mol. The summed E-state index contributed by atoms with van der Waals surface area (Å²) in [6.07, 6.45) is -1.09. The summed E-state index contributed by atoms with van der Waals surface area (Å²) in [6, 6.07) is 33.7. The van der Waals surface area contributed by atoms with E-state index in [1.165, 1.54) is 43.4 Å². The van der Waals surface area contributed by atoms with Gasteiger partial charge in [0.25, 0.3) is 0 Å². The Bertz CT molecular complexity index is 1670. The standard InChI is InChI=1S/C36H30O4/c1-22-24-11-3-7-15-28(24)32(29-16-8-4-12-25(22)29)20-38-34-19-35(37)40-36(34)39-21-33-30-17-9-5-13-26(30)23(2)27-14-6-10-18-31(27)33/h3-18,34,36H,19-21H2,1-2H3. The second-order valence-corrected chi connectivity index (χ2v) is 10.6. The molecule has 1 aliphatic heterocycles.